The van der Waals surface area contributed by atoms with E-state index in [-0.39, 0.29) is 11.4 Å². The second kappa shape index (κ2) is 8.17. The van der Waals surface area contributed by atoms with Crippen molar-refractivity contribution in [2.75, 3.05) is 7.11 Å². The van der Waals surface area contributed by atoms with Gasteiger partial charge in [-0.15, -0.1) is 0 Å². The summed E-state index contributed by atoms with van der Waals surface area (Å²) in [6.07, 6.45) is 2.03. The number of ketones is 1. The monoisotopic (exact) mass is 427 g/mol. The second-order valence-corrected chi connectivity index (χ2v) is 8.22. The smallest absolute Gasteiger partial charge is 0.416 e. The molecule has 2 bridgehead atoms. The van der Waals surface area contributed by atoms with Crippen molar-refractivity contribution in [1.29, 1.82) is 0 Å². The molecular weight excluding hydrogens is 402 g/mol. The lowest BCUT2D eigenvalue weighted by Crippen LogP contribution is -2.65. The van der Waals surface area contributed by atoms with Crippen LogP contribution < -0.4 is 0 Å². The van der Waals surface area contributed by atoms with Crippen molar-refractivity contribution >= 4 is 23.8 Å². The number of rotatable bonds is 3. The predicted octanol–water partition coefficient (Wildman–Crippen LogP) is 3.22. The Balaban J connectivity index is 1.90. The fourth-order valence-corrected chi connectivity index (χ4v) is 5.13. The highest BCUT2D eigenvalue weighted by Crippen LogP contribution is 2.54. The number of carbonyl (C=O) groups excluding carboxylic acids is 4. The normalized spacial score (nSPS) is 26.5. The minimum Gasteiger partial charge on any atom is -0.456 e. The fraction of sp³-hybridized carbons (Fsp3) is 0.478. The number of Topliss-reactive ketones (excluding diaryl/α,β-unsaturated/α-hetero) is 1. The topological polar surface area (TPSA) is 99.2 Å². The number of carbonyl (C=O) groups is 4. The van der Waals surface area contributed by atoms with Gasteiger partial charge >= 0.3 is 18.0 Å². The summed E-state index contributed by atoms with van der Waals surface area (Å²) in [6.45, 7) is 1.25. The van der Waals surface area contributed by atoms with Gasteiger partial charge in [0.25, 0.3) is 0 Å². The van der Waals surface area contributed by atoms with Crippen LogP contribution in [0.5, 0.6) is 0 Å². The number of esters is 2. The first kappa shape index (κ1) is 21.1. The van der Waals surface area contributed by atoms with Gasteiger partial charge < -0.3 is 14.2 Å². The standard InChI is InChI=1S/C23H25NO7/c1-14(25)30-19-17-16(18(26)15-9-5-3-6-10-15)13-24(22(28)29-2)20(19)31-21(27)23(17)11-7-4-8-12-23/h3,5-6,9-10,13,17,19-20H,4,7-8,11-12H2,1-2H3/t17-,19?,20-/m1/s1. The van der Waals surface area contributed by atoms with Crippen LogP contribution in [-0.4, -0.2) is 48.2 Å². The molecule has 8 nitrogen and oxygen atoms in total. The second-order valence-electron chi connectivity index (χ2n) is 8.22. The van der Waals surface area contributed by atoms with Crippen molar-refractivity contribution in [3.8, 4) is 0 Å². The minimum absolute atomic E-state index is 0.248. The first-order valence-corrected chi connectivity index (χ1v) is 10.4. The molecule has 1 aliphatic carbocycles. The highest BCUT2D eigenvalue weighted by molar-refractivity contribution is 6.10. The van der Waals surface area contributed by atoms with E-state index in [1.54, 1.807) is 30.3 Å². The number of ether oxygens (including phenoxy) is 3. The van der Waals surface area contributed by atoms with Gasteiger partial charge in [-0.05, 0) is 12.8 Å². The van der Waals surface area contributed by atoms with E-state index < -0.39 is 41.7 Å². The molecule has 4 rings (SSSR count). The number of nitrogens with zero attached hydrogens (tertiary/aromatic N) is 1. The molecule has 2 fully saturated rings. The van der Waals surface area contributed by atoms with Crippen molar-refractivity contribution in [2.45, 2.75) is 51.4 Å². The zero-order chi connectivity index (χ0) is 22.2. The average Bonchev–Trinajstić information content (AvgIpc) is 2.78. The van der Waals surface area contributed by atoms with E-state index in [2.05, 4.69) is 0 Å². The highest BCUT2D eigenvalue weighted by Gasteiger charge is 2.63. The number of fused-ring (bicyclic) bond motifs is 3. The Bertz CT molecular complexity index is 933. The molecule has 1 amide bonds. The average molecular weight is 427 g/mol. The first-order valence-electron chi connectivity index (χ1n) is 10.4. The molecule has 1 spiro atoms. The Kier molecular flexibility index (Phi) is 5.56. The lowest BCUT2D eigenvalue weighted by Gasteiger charge is -2.54. The van der Waals surface area contributed by atoms with Crippen LogP contribution in [-0.2, 0) is 23.8 Å². The Morgan fingerprint density at radius 1 is 1.10 bits per heavy atom. The fourth-order valence-electron chi connectivity index (χ4n) is 5.13. The van der Waals surface area contributed by atoms with Crippen LogP contribution in [0.1, 0.15) is 49.4 Å². The zero-order valence-corrected chi connectivity index (χ0v) is 17.5. The number of benzene rings is 1. The molecule has 0 radical (unpaired) electrons. The van der Waals surface area contributed by atoms with Crippen LogP contribution in [0.3, 0.4) is 0 Å². The number of hydrogen-bond donors (Lipinski definition) is 0. The Hall–Kier alpha value is -3.16. The predicted molar refractivity (Wildman–Crippen MR) is 108 cm³/mol. The van der Waals surface area contributed by atoms with Crippen LogP contribution in [0.2, 0.25) is 0 Å². The molecule has 164 valence electrons. The molecule has 1 saturated carbocycles. The summed E-state index contributed by atoms with van der Waals surface area (Å²) >= 11 is 0. The third-order valence-electron chi connectivity index (χ3n) is 6.46. The van der Waals surface area contributed by atoms with Crippen LogP contribution in [0, 0.1) is 11.3 Å². The van der Waals surface area contributed by atoms with E-state index in [0.29, 0.717) is 18.4 Å². The van der Waals surface area contributed by atoms with Crippen LogP contribution in [0.4, 0.5) is 4.79 Å². The summed E-state index contributed by atoms with van der Waals surface area (Å²) in [5, 5.41) is 0. The SMILES string of the molecule is COC(=O)N1C=C(C(=O)c2ccccc2)[C@@H]2C(OC(C)=O)[C@H]1OC(=O)C21CCCCC1. The quantitative estimate of drug-likeness (QED) is 0.415. The molecule has 0 aromatic heterocycles. The Morgan fingerprint density at radius 2 is 1.77 bits per heavy atom. The van der Waals surface area contributed by atoms with E-state index >= 15 is 0 Å². The summed E-state index contributed by atoms with van der Waals surface area (Å²) < 4.78 is 16.1. The summed E-state index contributed by atoms with van der Waals surface area (Å²) in [5.74, 6) is -2.08. The van der Waals surface area contributed by atoms with E-state index in [0.717, 1.165) is 24.2 Å². The third kappa shape index (κ3) is 3.49. The number of hydrogen-bond acceptors (Lipinski definition) is 7. The highest BCUT2D eigenvalue weighted by atomic mass is 16.6. The van der Waals surface area contributed by atoms with Gasteiger partial charge in [0.1, 0.15) is 0 Å². The lowest BCUT2D eigenvalue weighted by atomic mass is 9.58. The molecular formula is C23H25NO7. The Labute approximate surface area is 180 Å². The minimum atomic E-state index is -1.19. The van der Waals surface area contributed by atoms with Gasteiger partial charge in [0.05, 0.1) is 12.5 Å². The van der Waals surface area contributed by atoms with Gasteiger partial charge in [-0.2, -0.15) is 0 Å². The van der Waals surface area contributed by atoms with Crippen molar-refractivity contribution in [2.24, 2.45) is 11.3 Å². The summed E-state index contributed by atoms with van der Waals surface area (Å²) in [4.78, 5) is 52.4. The molecule has 2 aliphatic heterocycles. The molecule has 1 aromatic rings. The molecule has 2 heterocycles. The van der Waals surface area contributed by atoms with Gasteiger partial charge in [-0.3, -0.25) is 14.4 Å². The molecule has 8 heteroatoms. The maximum atomic E-state index is 13.6. The summed E-state index contributed by atoms with van der Waals surface area (Å²) in [7, 11) is 1.19. The Morgan fingerprint density at radius 3 is 2.39 bits per heavy atom. The van der Waals surface area contributed by atoms with Gasteiger partial charge in [0, 0.05) is 30.2 Å². The van der Waals surface area contributed by atoms with Crippen molar-refractivity contribution < 1.29 is 33.4 Å². The number of methoxy groups -OCH3 is 1. The molecule has 31 heavy (non-hydrogen) atoms. The van der Waals surface area contributed by atoms with Crippen LogP contribution in [0.15, 0.2) is 42.1 Å². The molecule has 0 N–H and O–H groups in total. The molecule has 3 atom stereocenters. The molecule has 1 unspecified atom stereocenters. The van der Waals surface area contributed by atoms with Crippen molar-refractivity contribution in [1.82, 2.24) is 4.90 Å². The first-order chi connectivity index (χ1) is 14.9. The van der Waals surface area contributed by atoms with Crippen molar-refractivity contribution in [3.63, 3.8) is 0 Å². The van der Waals surface area contributed by atoms with Gasteiger partial charge in [0.15, 0.2) is 11.9 Å². The third-order valence-corrected chi connectivity index (χ3v) is 6.46. The van der Waals surface area contributed by atoms with Gasteiger partial charge in [-0.1, -0.05) is 49.6 Å². The summed E-state index contributed by atoms with van der Waals surface area (Å²) in [5.41, 5.74) is -0.311. The largest absolute Gasteiger partial charge is 0.456 e. The van der Waals surface area contributed by atoms with E-state index in [4.69, 9.17) is 14.2 Å². The van der Waals surface area contributed by atoms with Gasteiger partial charge in [-0.25, -0.2) is 9.69 Å². The van der Waals surface area contributed by atoms with E-state index in [1.807, 2.05) is 0 Å². The maximum absolute atomic E-state index is 13.6. The molecule has 1 saturated heterocycles. The number of amides is 1. The van der Waals surface area contributed by atoms with Crippen LogP contribution in [0.25, 0.3) is 0 Å². The van der Waals surface area contributed by atoms with Crippen LogP contribution >= 0.6 is 0 Å². The molecule has 3 aliphatic rings. The van der Waals surface area contributed by atoms with E-state index in [1.165, 1.54) is 20.2 Å². The van der Waals surface area contributed by atoms with Crippen molar-refractivity contribution in [3.05, 3.63) is 47.7 Å². The lowest BCUT2D eigenvalue weighted by molar-refractivity contribution is -0.224. The summed E-state index contributed by atoms with van der Waals surface area (Å²) in [6, 6.07) is 8.63. The van der Waals surface area contributed by atoms with Gasteiger partial charge in [0.2, 0.25) is 6.23 Å². The molecule has 1 aromatic carbocycles. The maximum Gasteiger partial charge on any atom is 0.416 e. The van der Waals surface area contributed by atoms with E-state index in [9.17, 15) is 19.2 Å². The zero-order valence-electron chi connectivity index (χ0n) is 17.5.